The lowest BCUT2D eigenvalue weighted by atomic mass is 9.85. The number of aryl methyl sites for hydroxylation is 1. The van der Waals surface area contributed by atoms with Crippen LogP contribution in [0.15, 0.2) is 67.1 Å². The van der Waals surface area contributed by atoms with Crippen LogP contribution in [-0.4, -0.2) is 48.0 Å². The van der Waals surface area contributed by atoms with Gasteiger partial charge in [-0.05, 0) is 61.7 Å². The molecule has 2 aliphatic rings. The van der Waals surface area contributed by atoms with E-state index in [1.807, 2.05) is 0 Å². The fraction of sp³-hybridized carbons (Fsp3) is 0.300. The summed E-state index contributed by atoms with van der Waals surface area (Å²) in [5, 5.41) is 26.6. The molecule has 2 aromatic heterocycles. The molecule has 3 heterocycles. The summed E-state index contributed by atoms with van der Waals surface area (Å²) in [6.07, 6.45) is 4.28. The van der Waals surface area contributed by atoms with Gasteiger partial charge in [0.25, 0.3) is 5.91 Å². The first kappa shape index (κ1) is 27.8. The number of aromatic nitrogens is 3. The van der Waals surface area contributed by atoms with E-state index in [-0.39, 0.29) is 23.2 Å². The van der Waals surface area contributed by atoms with E-state index >= 15 is 4.39 Å². The van der Waals surface area contributed by atoms with Crippen molar-refractivity contribution in [3.05, 3.63) is 116 Å². The summed E-state index contributed by atoms with van der Waals surface area (Å²) in [5.41, 5.74) is -1.66. The normalized spacial score (nSPS) is 23.3. The van der Waals surface area contributed by atoms with Crippen LogP contribution in [0.4, 0.5) is 4.39 Å². The number of hydrogen-bond donors (Lipinski definition) is 2. The van der Waals surface area contributed by atoms with Crippen molar-refractivity contribution in [1.82, 2.24) is 19.7 Å². The summed E-state index contributed by atoms with van der Waals surface area (Å²) < 4.78 is 24.7. The Morgan fingerprint density at radius 2 is 1.80 bits per heavy atom. The molecule has 0 bridgehead atoms. The molecule has 0 spiro atoms. The highest BCUT2D eigenvalue weighted by Crippen LogP contribution is 2.50. The average molecular weight is 597 g/mol. The number of nitrogens with zero attached hydrogens (tertiary/aromatic N) is 4. The second kappa shape index (κ2) is 10.2. The van der Waals surface area contributed by atoms with Crippen LogP contribution < -0.4 is 0 Å². The molecule has 11 heteroatoms. The molecule has 0 saturated heterocycles. The van der Waals surface area contributed by atoms with Gasteiger partial charge in [-0.1, -0.05) is 35.3 Å². The number of pyridine rings is 1. The van der Waals surface area contributed by atoms with Gasteiger partial charge in [0.05, 0.1) is 46.8 Å². The largest absolute Gasteiger partial charge is 0.393 e. The number of carbonyl (C=O) groups is 1. The van der Waals surface area contributed by atoms with Crippen molar-refractivity contribution in [3.63, 3.8) is 0 Å². The van der Waals surface area contributed by atoms with Crippen LogP contribution in [0.5, 0.6) is 0 Å². The summed E-state index contributed by atoms with van der Waals surface area (Å²) in [4.78, 5) is 20.1. The van der Waals surface area contributed by atoms with E-state index in [9.17, 15) is 15.0 Å². The highest BCUT2D eigenvalue weighted by molar-refractivity contribution is 6.30. The maximum Gasteiger partial charge on any atom is 0.257 e. The van der Waals surface area contributed by atoms with E-state index in [4.69, 9.17) is 27.9 Å². The van der Waals surface area contributed by atoms with E-state index in [0.29, 0.717) is 39.7 Å². The van der Waals surface area contributed by atoms with Gasteiger partial charge in [0.2, 0.25) is 5.72 Å². The fourth-order valence-electron chi connectivity index (χ4n) is 5.55. The first-order valence-electron chi connectivity index (χ1n) is 13.1. The molecule has 212 valence electrons. The molecule has 0 radical (unpaired) electrons. The zero-order chi connectivity index (χ0) is 29.1. The van der Waals surface area contributed by atoms with Gasteiger partial charge in [-0.3, -0.25) is 19.4 Å². The number of aliphatic hydroxyl groups is 2. The maximum atomic E-state index is 16.6. The monoisotopic (exact) mass is 596 g/mol. The minimum atomic E-state index is -1.70. The van der Waals surface area contributed by atoms with Gasteiger partial charge in [0.1, 0.15) is 11.4 Å². The number of fused-ring (bicyclic) bond motifs is 1. The van der Waals surface area contributed by atoms with E-state index in [1.165, 1.54) is 41.0 Å². The molecule has 1 aliphatic carbocycles. The second-order valence-electron chi connectivity index (χ2n) is 10.7. The minimum Gasteiger partial charge on any atom is -0.393 e. The van der Waals surface area contributed by atoms with E-state index in [0.717, 1.165) is 0 Å². The zero-order valence-electron chi connectivity index (χ0n) is 22.3. The molecule has 1 saturated carbocycles. The quantitative estimate of drug-likeness (QED) is 0.314. The Morgan fingerprint density at radius 3 is 2.41 bits per heavy atom. The standard InChI is InChI=1S/C30H27Cl2FN4O4/c1-29(40,19-13-35-36(2)15-19)18-9-25-27(26(33)10-18)30(41-24-11-23(38)12-24,17-3-5-20(31)6-4-17)37(28(25)39)16-22-8-7-21(32)14-34-22/h3-10,13-15,23-24,38,40H,11-12,16H2,1-2H3/t23-,24+,29?,30-/m1/s1. The van der Waals surface area contributed by atoms with Gasteiger partial charge in [0, 0.05) is 35.6 Å². The molecule has 2 aromatic carbocycles. The Balaban J connectivity index is 1.57. The van der Waals surface area contributed by atoms with Crippen molar-refractivity contribution in [2.24, 2.45) is 7.05 Å². The number of ether oxygens (including phenoxy) is 1. The number of amides is 1. The third-order valence-corrected chi connectivity index (χ3v) is 8.34. The predicted molar refractivity (Wildman–Crippen MR) is 150 cm³/mol. The fourth-order valence-corrected chi connectivity index (χ4v) is 5.79. The first-order valence-corrected chi connectivity index (χ1v) is 13.8. The molecule has 4 aromatic rings. The lowest BCUT2D eigenvalue weighted by molar-refractivity contribution is -0.191. The average Bonchev–Trinajstić information content (AvgIpc) is 3.46. The highest BCUT2D eigenvalue weighted by atomic mass is 35.5. The number of rotatable bonds is 7. The van der Waals surface area contributed by atoms with Crippen molar-refractivity contribution in [2.75, 3.05) is 0 Å². The SMILES string of the molecule is Cn1cc(C(C)(O)c2cc(F)c3c(c2)C(=O)N(Cc2ccc(Cl)cn2)[C@@]3(O[C@H]2C[C@@H](O)C2)c2ccc(Cl)cc2)cn1. The second-order valence-corrected chi connectivity index (χ2v) is 11.6. The predicted octanol–water partition coefficient (Wildman–Crippen LogP) is 4.91. The van der Waals surface area contributed by atoms with E-state index in [1.54, 1.807) is 49.6 Å². The Labute approximate surface area is 245 Å². The maximum absolute atomic E-state index is 16.6. The Hall–Kier alpha value is -3.34. The number of carbonyl (C=O) groups excluding carboxylic acids is 1. The molecule has 1 unspecified atom stereocenters. The minimum absolute atomic E-state index is 0.0194. The molecule has 8 nitrogen and oxygen atoms in total. The van der Waals surface area contributed by atoms with Gasteiger partial charge >= 0.3 is 0 Å². The molecular weight excluding hydrogens is 570 g/mol. The third kappa shape index (κ3) is 4.71. The first-order chi connectivity index (χ1) is 19.5. The summed E-state index contributed by atoms with van der Waals surface area (Å²) in [7, 11) is 1.71. The Bertz CT molecular complexity index is 1620. The number of aliphatic hydroxyl groups excluding tert-OH is 1. The topological polar surface area (TPSA) is 101 Å². The van der Waals surface area contributed by atoms with E-state index in [2.05, 4.69) is 10.1 Å². The van der Waals surface area contributed by atoms with Crippen LogP contribution in [-0.2, 0) is 29.7 Å². The van der Waals surface area contributed by atoms with Crippen molar-refractivity contribution < 1.29 is 24.1 Å². The molecule has 2 atom stereocenters. The lowest BCUT2D eigenvalue weighted by Crippen LogP contribution is -2.51. The molecule has 1 aliphatic heterocycles. The summed E-state index contributed by atoms with van der Waals surface area (Å²) in [6.45, 7) is 1.50. The molecule has 6 rings (SSSR count). The molecule has 1 fully saturated rings. The van der Waals surface area contributed by atoms with Crippen LogP contribution in [0, 0.1) is 5.82 Å². The van der Waals surface area contributed by atoms with Gasteiger partial charge in [0.15, 0.2) is 0 Å². The molecule has 2 N–H and O–H groups in total. The van der Waals surface area contributed by atoms with Gasteiger partial charge < -0.3 is 14.9 Å². The van der Waals surface area contributed by atoms with Gasteiger partial charge in [-0.15, -0.1) is 0 Å². The third-order valence-electron chi connectivity index (χ3n) is 7.87. The molecular formula is C30H27Cl2FN4O4. The summed E-state index contributed by atoms with van der Waals surface area (Å²) in [6, 6.07) is 12.8. The van der Waals surface area contributed by atoms with Crippen molar-refractivity contribution in [3.8, 4) is 0 Å². The summed E-state index contributed by atoms with van der Waals surface area (Å²) >= 11 is 12.3. The highest BCUT2D eigenvalue weighted by Gasteiger charge is 2.56. The van der Waals surface area contributed by atoms with E-state index < -0.39 is 35.3 Å². The van der Waals surface area contributed by atoms with Crippen LogP contribution in [0.25, 0.3) is 0 Å². The van der Waals surface area contributed by atoms with Crippen molar-refractivity contribution in [2.45, 2.75) is 49.8 Å². The Kier molecular flexibility index (Phi) is 6.91. The molecule has 1 amide bonds. The van der Waals surface area contributed by atoms with Crippen molar-refractivity contribution in [1.29, 1.82) is 0 Å². The summed E-state index contributed by atoms with van der Waals surface area (Å²) in [5.74, 6) is -1.23. The van der Waals surface area contributed by atoms with Crippen LogP contribution in [0.2, 0.25) is 10.0 Å². The van der Waals surface area contributed by atoms with Crippen LogP contribution in [0.3, 0.4) is 0 Å². The number of halogens is 3. The smallest absolute Gasteiger partial charge is 0.257 e. The van der Waals surface area contributed by atoms with Gasteiger partial charge in [-0.2, -0.15) is 5.10 Å². The van der Waals surface area contributed by atoms with Gasteiger partial charge in [-0.25, -0.2) is 4.39 Å². The number of hydrogen-bond acceptors (Lipinski definition) is 6. The van der Waals surface area contributed by atoms with Crippen LogP contribution >= 0.6 is 23.2 Å². The van der Waals surface area contributed by atoms with Crippen LogP contribution in [0.1, 0.15) is 58.1 Å². The zero-order valence-corrected chi connectivity index (χ0v) is 23.8. The Morgan fingerprint density at radius 1 is 1.10 bits per heavy atom. The van der Waals surface area contributed by atoms with Crippen molar-refractivity contribution >= 4 is 29.1 Å². The molecule has 41 heavy (non-hydrogen) atoms. The lowest BCUT2D eigenvalue weighted by Gasteiger charge is -2.45. The number of benzene rings is 2.